The van der Waals surface area contributed by atoms with E-state index in [1.807, 2.05) is 36.7 Å². The van der Waals surface area contributed by atoms with Crippen LogP contribution in [0.5, 0.6) is 0 Å². The van der Waals surface area contributed by atoms with E-state index in [0.29, 0.717) is 19.6 Å². The van der Waals surface area contributed by atoms with E-state index in [9.17, 15) is 8.42 Å². The average Bonchev–Trinajstić information content (AvgIpc) is 3.15. The molecule has 0 saturated carbocycles. The zero-order chi connectivity index (χ0) is 18.0. The molecular weight excluding hydrogens is 338 g/mol. The van der Waals surface area contributed by atoms with Crippen LogP contribution in [0.2, 0.25) is 0 Å². The van der Waals surface area contributed by atoms with Crippen molar-refractivity contribution in [2.24, 2.45) is 0 Å². The Bertz CT molecular complexity index is 832. The number of aryl methyl sites for hydroxylation is 1. The van der Waals surface area contributed by atoms with Crippen molar-refractivity contribution < 1.29 is 8.42 Å². The minimum absolute atomic E-state index is 0.0430. The van der Waals surface area contributed by atoms with Crippen LogP contribution >= 0.6 is 0 Å². The molecule has 1 fully saturated rings. The van der Waals surface area contributed by atoms with Crippen LogP contribution in [0.3, 0.4) is 0 Å². The number of pyridine rings is 1. The Morgan fingerprint density at radius 1 is 1.32 bits per heavy atom. The second-order valence-electron chi connectivity index (χ2n) is 6.55. The van der Waals surface area contributed by atoms with Gasteiger partial charge in [-0.3, -0.25) is 0 Å². The second kappa shape index (κ2) is 7.23. The summed E-state index contributed by atoms with van der Waals surface area (Å²) >= 11 is 0. The Morgan fingerprint density at radius 2 is 2.12 bits per heavy atom. The quantitative estimate of drug-likeness (QED) is 0.839. The highest BCUT2D eigenvalue weighted by Crippen LogP contribution is 2.20. The van der Waals surface area contributed by atoms with Crippen LogP contribution in [-0.4, -0.2) is 52.9 Å². The van der Waals surface area contributed by atoms with Gasteiger partial charge in [0.15, 0.2) is 5.82 Å². The van der Waals surface area contributed by atoms with Gasteiger partial charge in [0.05, 0.1) is 11.9 Å². The molecule has 2 aromatic heterocycles. The Hall–Kier alpha value is -1.77. The zero-order valence-corrected chi connectivity index (χ0v) is 15.8. The third kappa shape index (κ3) is 3.91. The maximum absolute atomic E-state index is 11.8. The monoisotopic (exact) mass is 363 g/mol. The molecule has 1 saturated heterocycles. The molecule has 0 spiro atoms. The van der Waals surface area contributed by atoms with Crippen molar-refractivity contribution in [1.82, 2.24) is 24.4 Å². The topological polar surface area (TPSA) is 80.1 Å². The van der Waals surface area contributed by atoms with Gasteiger partial charge in [0.25, 0.3) is 0 Å². The van der Waals surface area contributed by atoms with Gasteiger partial charge in [-0.1, -0.05) is 6.07 Å². The summed E-state index contributed by atoms with van der Waals surface area (Å²) in [5.74, 6) is 0.799. The Kier molecular flexibility index (Phi) is 5.21. The lowest BCUT2D eigenvalue weighted by molar-refractivity contribution is 0.374. The second-order valence-corrected chi connectivity index (χ2v) is 8.48. The van der Waals surface area contributed by atoms with Gasteiger partial charge in [-0.2, -0.15) is 9.40 Å². The lowest BCUT2D eigenvalue weighted by atomic mass is 10.2. The fraction of sp³-hybridized carbons (Fsp3) is 0.529. The van der Waals surface area contributed by atoms with Crippen LogP contribution in [0.1, 0.15) is 29.8 Å². The lowest BCUT2D eigenvalue weighted by Crippen LogP contribution is -2.40. The van der Waals surface area contributed by atoms with E-state index in [2.05, 4.69) is 15.4 Å². The molecule has 0 aliphatic carbocycles. The maximum atomic E-state index is 11.8. The van der Waals surface area contributed by atoms with Gasteiger partial charge < -0.3 is 5.32 Å². The normalized spacial score (nSPS) is 18.8. The number of rotatable bonds is 6. The van der Waals surface area contributed by atoms with Crippen LogP contribution in [0.4, 0.5) is 0 Å². The van der Waals surface area contributed by atoms with Crippen LogP contribution in [-0.2, 0) is 16.6 Å². The van der Waals surface area contributed by atoms with Gasteiger partial charge >= 0.3 is 0 Å². The van der Waals surface area contributed by atoms with E-state index in [0.717, 1.165) is 35.6 Å². The fourth-order valence-corrected chi connectivity index (χ4v) is 4.63. The van der Waals surface area contributed by atoms with Gasteiger partial charge in [0, 0.05) is 43.1 Å². The van der Waals surface area contributed by atoms with Crippen molar-refractivity contribution in [1.29, 1.82) is 0 Å². The van der Waals surface area contributed by atoms with Crippen LogP contribution in [0, 0.1) is 13.8 Å². The molecule has 7 nitrogen and oxygen atoms in total. The molecule has 25 heavy (non-hydrogen) atoms. The predicted molar refractivity (Wildman–Crippen MR) is 97.1 cm³/mol. The van der Waals surface area contributed by atoms with Crippen molar-refractivity contribution >= 4 is 10.0 Å². The summed E-state index contributed by atoms with van der Waals surface area (Å²) in [6.45, 7) is 5.96. The Labute approximate surface area is 149 Å². The molecule has 0 amide bonds. The minimum atomic E-state index is -3.13. The third-order valence-electron chi connectivity index (χ3n) is 4.74. The number of nitrogens with one attached hydrogen (secondary N) is 1. The van der Waals surface area contributed by atoms with E-state index in [4.69, 9.17) is 0 Å². The summed E-state index contributed by atoms with van der Waals surface area (Å²) in [4.78, 5) is 4.35. The highest BCUT2D eigenvalue weighted by Gasteiger charge is 2.30. The molecule has 3 rings (SSSR count). The Balaban J connectivity index is 1.67. The smallest absolute Gasteiger partial charge is 0.211 e. The van der Waals surface area contributed by atoms with Crippen molar-refractivity contribution in [3.05, 3.63) is 41.3 Å². The van der Waals surface area contributed by atoms with E-state index in [-0.39, 0.29) is 6.04 Å². The standard InChI is InChI=1S/C17H25N5O2S/c1-13-16(14(2)22(20-13)17-8-4-5-9-19-17)12-18-11-15-7-6-10-21(15)25(3,23)24/h4-5,8-9,15,18H,6-7,10-12H2,1-3H3/t15-/m1/s1. The molecule has 136 valence electrons. The zero-order valence-electron chi connectivity index (χ0n) is 14.9. The largest absolute Gasteiger partial charge is 0.311 e. The van der Waals surface area contributed by atoms with Crippen molar-refractivity contribution in [3.8, 4) is 5.82 Å². The number of nitrogens with zero attached hydrogens (tertiary/aromatic N) is 4. The summed E-state index contributed by atoms with van der Waals surface area (Å²) < 4.78 is 27.1. The summed E-state index contributed by atoms with van der Waals surface area (Å²) in [5.41, 5.74) is 3.15. The number of hydrogen-bond acceptors (Lipinski definition) is 5. The van der Waals surface area contributed by atoms with Gasteiger partial charge in [-0.05, 0) is 38.8 Å². The van der Waals surface area contributed by atoms with Crippen molar-refractivity contribution in [2.45, 2.75) is 39.3 Å². The molecule has 8 heteroatoms. The molecule has 2 aromatic rings. The molecule has 0 bridgehead atoms. The molecular formula is C17H25N5O2S. The molecule has 0 unspecified atom stereocenters. The van der Waals surface area contributed by atoms with Gasteiger partial charge in [-0.15, -0.1) is 0 Å². The summed E-state index contributed by atoms with van der Waals surface area (Å²) in [7, 11) is -3.13. The van der Waals surface area contributed by atoms with Crippen LogP contribution < -0.4 is 5.32 Å². The van der Waals surface area contributed by atoms with E-state index in [1.54, 1.807) is 10.5 Å². The molecule has 1 N–H and O–H groups in total. The van der Waals surface area contributed by atoms with Gasteiger partial charge in [0.1, 0.15) is 0 Å². The predicted octanol–water partition coefficient (Wildman–Crippen LogP) is 1.40. The highest BCUT2D eigenvalue weighted by molar-refractivity contribution is 7.88. The first-order valence-corrected chi connectivity index (χ1v) is 10.4. The van der Waals surface area contributed by atoms with E-state index >= 15 is 0 Å². The van der Waals surface area contributed by atoms with E-state index in [1.165, 1.54) is 6.26 Å². The lowest BCUT2D eigenvalue weighted by Gasteiger charge is -2.22. The SMILES string of the molecule is Cc1nn(-c2ccccn2)c(C)c1CNC[C@H]1CCCN1S(C)(=O)=O. The molecule has 1 atom stereocenters. The Morgan fingerprint density at radius 3 is 2.80 bits per heavy atom. The molecule has 1 aliphatic rings. The first kappa shape index (κ1) is 18.0. The summed E-state index contributed by atoms with van der Waals surface area (Å²) in [6.07, 6.45) is 4.88. The van der Waals surface area contributed by atoms with Crippen molar-refractivity contribution in [3.63, 3.8) is 0 Å². The van der Waals surface area contributed by atoms with Crippen LogP contribution in [0.25, 0.3) is 5.82 Å². The summed E-state index contributed by atoms with van der Waals surface area (Å²) in [6, 6.07) is 5.80. The maximum Gasteiger partial charge on any atom is 0.211 e. The van der Waals surface area contributed by atoms with E-state index < -0.39 is 10.0 Å². The summed E-state index contributed by atoms with van der Waals surface area (Å²) in [5, 5.41) is 8.01. The first-order valence-electron chi connectivity index (χ1n) is 8.52. The third-order valence-corrected chi connectivity index (χ3v) is 6.07. The molecule has 0 radical (unpaired) electrons. The number of sulfonamides is 1. The fourth-order valence-electron chi connectivity index (χ4n) is 3.45. The molecule has 1 aliphatic heterocycles. The van der Waals surface area contributed by atoms with Gasteiger partial charge in [0.2, 0.25) is 10.0 Å². The van der Waals surface area contributed by atoms with Crippen molar-refractivity contribution in [2.75, 3.05) is 19.3 Å². The minimum Gasteiger partial charge on any atom is -0.311 e. The molecule has 3 heterocycles. The number of aromatic nitrogens is 3. The highest BCUT2D eigenvalue weighted by atomic mass is 32.2. The first-order chi connectivity index (χ1) is 11.9. The van der Waals surface area contributed by atoms with Gasteiger partial charge in [-0.25, -0.2) is 18.1 Å². The van der Waals surface area contributed by atoms with Crippen LogP contribution in [0.15, 0.2) is 24.4 Å². The molecule has 0 aromatic carbocycles. The number of hydrogen-bond donors (Lipinski definition) is 1. The average molecular weight is 363 g/mol.